The first-order valence-electron chi connectivity index (χ1n) is 6.16. The van der Waals surface area contributed by atoms with Crippen LogP contribution in [0.25, 0.3) is 0 Å². The lowest BCUT2D eigenvalue weighted by Crippen LogP contribution is -2.36. The highest BCUT2D eigenvalue weighted by Gasteiger charge is 2.13. The second-order valence-electron chi connectivity index (χ2n) is 4.01. The van der Waals surface area contributed by atoms with Crippen molar-refractivity contribution in [2.75, 3.05) is 37.0 Å². The van der Waals surface area contributed by atoms with E-state index in [9.17, 15) is 4.79 Å². The summed E-state index contributed by atoms with van der Waals surface area (Å²) in [5.74, 6) is 6.85. The van der Waals surface area contributed by atoms with E-state index in [1.807, 2.05) is 5.38 Å². The quantitative estimate of drug-likeness (QED) is 0.630. The molecule has 0 saturated carbocycles. The summed E-state index contributed by atoms with van der Waals surface area (Å²) < 4.78 is 5.32. The monoisotopic (exact) mass is 296 g/mol. The van der Waals surface area contributed by atoms with Crippen molar-refractivity contribution in [1.29, 1.82) is 0 Å². The number of anilines is 1. The third kappa shape index (κ3) is 4.86. The number of thioether (sulfide) groups is 1. The lowest BCUT2D eigenvalue weighted by atomic mass is 10.4. The van der Waals surface area contributed by atoms with Crippen molar-refractivity contribution in [1.82, 2.24) is 4.98 Å². The van der Waals surface area contributed by atoms with Gasteiger partial charge < -0.3 is 9.64 Å². The molecule has 0 radical (unpaired) electrons. The van der Waals surface area contributed by atoms with E-state index < -0.39 is 0 Å². The van der Waals surface area contributed by atoms with E-state index in [0.29, 0.717) is 6.42 Å². The number of carbonyl (C=O) groups excluding carboxylic acids is 1. The van der Waals surface area contributed by atoms with E-state index in [0.717, 1.165) is 42.9 Å². The van der Waals surface area contributed by atoms with Crippen molar-refractivity contribution in [2.45, 2.75) is 13.3 Å². The number of carbonyl (C=O) groups is 1. The fraction of sp³-hybridized carbons (Fsp3) is 0.538. The molecule has 1 aromatic heterocycles. The Morgan fingerprint density at radius 3 is 3.11 bits per heavy atom. The van der Waals surface area contributed by atoms with Crippen molar-refractivity contribution < 1.29 is 9.53 Å². The maximum atomic E-state index is 10.7. The number of nitrogens with zero attached hydrogens (tertiary/aromatic N) is 2. The largest absolute Gasteiger partial charge is 0.378 e. The molecule has 0 spiro atoms. The highest BCUT2D eigenvalue weighted by atomic mass is 32.2. The molecule has 4 nitrogen and oxygen atoms in total. The number of hydrogen-bond donors (Lipinski definition) is 0. The van der Waals surface area contributed by atoms with Crippen LogP contribution in [-0.2, 0) is 9.53 Å². The van der Waals surface area contributed by atoms with Gasteiger partial charge in [0.1, 0.15) is 5.69 Å². The zero-order chi connectivity index (χ0) is 13.5. The third-order valence-electron chi connectivity index (χ3n) is 2.52. The summed E-state index contributed by atoms with van der Waals surface area (Å²) in [6.07, 6.45) is 0.717. The van der Waals surface area contributed by atoms with Crippen LogP contribution in [0.4, 0.5) is 5.13 Å². The molecule has 0 atom stereocenters. The minimum absolute atomic E-state index is 0.144. The molecule has 0 unspecified atom stereocenters. The van der Waals surface area contributed by atoms with E-state index in [1.54, 1.807) is 18.3 Å². The predicted molar refractivity (Wildman–Crippen MR) is 79.8 cm³/mol. The Bertz CT molecular complexity index is 484. The summed E-state index contributed by atoms with van der Waals surface area (Å²) in [4.78, 5) is 17.5. The number of hydrogen-bond acceptors (Lipinski definition) is 6. The Morgan fingerprint density at radius 2 is 2.37 bits per heavy atom. The molecule has 1 aliphatic rings. The molecule has 1 aromatic rings. The van der Waals surface area contributed by atoms with Gasteiger partial charge in [-0.15, -0.1) is 11.3 Å². The average Bonchev–Trinajstić information content (AvgIpc) is 2.88. The summed E-state index contributed by atoms with van der Waals surface area (Å²) in [5.41, 5.74) is 0.819. The van der Waals surface area contributed by atoms with E-state index >= 15 is 0 Å². The van der Waals surface area contributed by atoms with E-state index in [2.05, 4.69) is 21.7 Å². The number of aromatic nitrogens is 1. The molecule has 1 saturated heterocycles. The Balaban J connectivity index is 1.83. The first kappa shape index (κ1) is 14.4. The Morgan fingerprint density at radius 1 is 1.58 bits per heavy atom. The highest BCUT2D eigenvalue weighted by molar-refractivity contribution is 8.13. The number of morpholine rings is 1. The second kappa shape index (κ2) is 7.53. The first-order chi connectivity index (χ1) is 9.25. The van der Waals surface area contributed by atoms with Crippen molar-refractivity contribution in [3.05, 3.63) is 11.1 Å². The highest BCUT2D eigenvalue weighted by Crippen LogP contribution is 2.20. The van der Waals surface area contributed by atoms with Crippen molar-refractivity contribution in [2.24, 2.45) is 0 Å². The van der Waals surface area contributed by atoms with Crippen molar-refractivity contribution in [3.8, 4) is 11.8 Å². The van der Waals surface area contributed by atoms with Gasteiger partial charge in [0.15, 0.2) is 10.2 Å². The zero-order valence-electron chi connectivity index (χ0n) is 10.8. The van der Waals surface area contributed by atoms with E-state index in [-0.39, 0.29) is 5.12 Å². The normalized spacial score (nSPS) is 14.9. The summed E-state index contributed by atoms with van der Waals surface area (Å²) in [6.45, 7) is 4.91. The fourth-order valence-corrected chi connectivity index (χ4v) is 2.92. The summed E-state index contributed by atoms with van der Waals surface area (Å²) in [7, 11) is 0. The standard InChI is InChI=1S/C13H16N2O2S2/c1-11(16)18-9-3-2-4-12-10-19-13(14-12)15-5-7-17-8-6-15/h10H,3,5-9H2,1H3. The van der Waals surface area contributed by atoms with Gasteiger partial charge in [0, 0.05) is 37.6 Å². The Labute approximate surface area is 121 Å². The molecular formula is C13H16N2O2S2. The van der Waals surface area contributed by atoms with Gasteiger partial charge in [-0.1, -0.05) is 17.7 Å². The minimum atomic E-state index is 0.144. The zero-order valence-corrected chi connectivity index (χ0v) is 12.5. The molecule has 0 bridgehead atoms. The molecule has 19 heavy (non-hydrogen) atoms. The molecule has 0 N–H and O–H groups in total. The van der Waals surface area contributed by atoms with Gasteiger partial charge in [-0.25, -0.2) is 4.98 Å². The third-order valence-corrected chi connectivity index (χ3v) is 4.24. The molecule has 0 aromatic carbocycles. The second-order valence-corrected chi connectivity index (χ2v) is 6.11. The van der Waals surface area contributed by atoms with Gasteiger partial charge in [-0.3, -0.25) is 4.79 Å². The lowest BCUT2D eigenvalue weighted by Gasteiger charge is -2.25. The molecule has 2 heterocycles. The number of rotatable bonds is 3. The summed E-state index contributed by atoms with van der Waals surface area (Å²) in [5, 5.41) is 3.14. The smallest absolute Gasteiger partial charge is 0.186 e. The van der Waals surface area contributed by atoms with Crippen LogP contribution in [0.2, 0.25) is 0 Å². The van der Waals surface area contributed by atoms with Crippen molar-refractivity contribution >= 4 is 33.3 Å². The SMILES string of the molecule is CC(=O)SCCC#Cc1csc(N2CCOCC2)n1. The van der Waals surface area contributed by atoms with Gasteiger partial charge in [0.2, 0.25) is 0 Å². The number of thiazole rings is 1. The maximum Gasteiger partial charge on any atom is 0.186 e. The first-order valence-corrected chi connectivity index (χ1v) is 8.02. The van der Waals surface area contributed by atoms with Crippen LogP contribution >= 0.6 is 23.1 Å². The molecule has 6 heteroatoms. The molecule has 1 aliphatic heterocycles. The molecule has 0 aliphatic carbocycles. The van der Waals surface area contributed by atoms with E-state index in [1.165, 1.54) is 11.8 Å². The van der Waals surface area contributed by atoms with Gasteiger partial charge in [-0.2, -0.15) is 0 Å². The van der Waals surface area contributed by atoms with E-state index in [4.69, 9.17) is 4.74 Å². The van der Waals surface area contributed by atoms with Crippen molar-refractivity contribution in [3.63, 3.8) is 0 Å². The summed E-state index contributed by atoms with van der Waals surface area (Å²) in [6, 6.07) is 0. The van der Waals surface area contributed by atoms with Gasteiger partial charge in [0.05, 0.1) is 13.2 Å². The average molecular weight is 296 g/mol. The predicted octanol–water partition coefficient (Wildman–Crippen LogP) is 2.00. The van der Waals surface area contributed by atoms with Gasteiger partial charge in [0.25, 0.3) is 0 Å². The Hall–Kier alpha value is -1.03. The topological polar surface area (TPSA) is 42.4 Å². The van der Waals surface area contributed by atoms with Crippen LogP contribution < -0.4 is 4.90 Å². The molecule has 0 amide bonds. The van der Waals surface area contributed by atoms with Gasteiger partial charge in [-0.05, 0) is 5.92 Å². The van der Waals surface area contributed by atoms with Crippen LogP contribution in [-0.4, -0.2) is 42.2 Å². The molecular weight excluding hydrogens is 280 g/mol. The fourth-order valence-electron chi connectivity index (χ4n) is 1.62. The number of ether oxygens (including phenoxy) is 1. The molecule has 1 fully saturated rings. The van der Waals surface area contributed by atoms with Crippen LogP contribution in [0.15, 0.2) is 5.38 Å². The minimum Gasteiger partial charge on any atom is -0.378 e. The van der Waals surface area contributed by atoms with Crippen LogP contribution in [0.5, 0.6) is 0 Å². The molecule has 2 rings (SSSR count). The Kier molecular flexibility index (Phi) is 5.70. The van der Waals surface area contributed by atoms with Gasteiger partial charge >= 0.3 is 0 Å². The molecule has 102 valence electrons. The summed E-state index contributed by atoms with van der Waals surface area (Å²) >= 11 is 2.94. The lowest BCUT2D eigenvalue weighted by molar-refractivity contribution is -0.109. The van der Waals surface area contributed by atoms with Crippen LogP contribution in [0.1, 0.15) is 19.0 Å². The maximum absolute atomic E-state index is 10.7. The van der Waals surface area contributed by atoms with Crippen LogP contribution in [0.3, 0.4) is 0 Å². The van der Waals surface area contributed by atoms with Crippen LogP contribution in [0, 0.1) is 11.8 Å².